The van der Waals surface area contributed by atoms with Crippen molar-refractivity contribution < 1.29 is 13.5 Å². The van der Waals surface area contributed by atoms with E-state index in [9.17, 15) is 8.42 Å². The molecule has 1 aromatic rings. The third-order valence-corrected chi connectivity index (χ3v) is 4.69. The van der Waals surface area contributed by atoms with Crippen LogP contribution in [0.3, 0.4) is 0 Å². The molecule has 1 saturated heterocycles. The van der Waals surface area contributed by atoms with Gasteiger partial charge >= 0.3 is 0 Å². The highest BCUT2D eigenvalue weighted by atomic mass is 32.2. The quantitative estimate of drug-likeness (QED) is 0.692. The first kappa shape index (κ1) is 15.1. The summed E-state index contributed by atoms with van der Waals surface area (Å²) in [4.78, 5) is 2.19. The summed E-state index contributed by atoms with van der Waals surface area (Å²) in [7, 11) is -3.78. The summed E-state index contributed by atoms with van der Waals surface area (Å²) in [6.45, 7) is 1.11. The van der Waals surface area contributed by atoms with Crippen LogP contribution in [0, 0.1) is 0 Å². The molecule has 1 unspecified atom stereocenters. The molecular formula is C13H21N3O3S. The SMILES string of the molecule is Nc1cc(N2CCCC2CCCO)ccc1S(N)(=O)=O. The van der Waals surface area contributed by atoms with Crippen LogP contribution >= 0.6 is 0 Å². The van der Waals surface area contributed by atoms with Crippen LogP contribution in [0.2, 0.25) is 0 Å². The third-order valence-electron chi connectivity index (χ3n) is 3.70. The molecule has 112 valence electrons. The van der Waals surface area contributed by atoms with Crippen molar-refractivity contribution in [2.24, 2.45) is 5.14 Å². The Morgan fingerprint density at radius 1 is 1.40 bits per heavy atom. The maximum Gasteiger partial charge on any atom is 0.240 e. The summed E-state index contributed by atoms with van der Waals surface area (Å²) in [6, 6.07) is 5.24. The Morgan fingerprint density at radius 3 is 2.75 bits per heavy atom. The van der Waals surface area contributed by atoms with Crippen molar-refractivity contribution in [2.75, 3.05) is 23.8 Å². The fourth-order valence-electron chi connectivity index (χ4n) is 2.78. The molecule has 5 N–H and O–H groups in total. The van der Waals surface area contributed by atoms with Gasteiger partial charge in [-0.05, 0) is 43.9 Å². The first-order chi connectivity index (χ1) is 9.43. The Morgan fingerprint density at radius 2 is 2.15 bits per heavy atom. The standard InChI is InChI=1S/C13H21N3O3S/c14-12-9-11(5-6-13(12)20(15,18)19)16-7-1-3-10(16)4-2-8-17/h5-6,9-10,17H,1-4,7-8,14H2,(H2,15,18,19). The Hall–Kier alpha value is -1.31. The Balaban J connectivity index is 2.23. The van der Waals surface area contributed by atoms with Gasteiger partial charge in [-0.3, -0.25) is 0 Å². The lowest BCUT2D eigenvalue weighted by atomic mass is 10.1. The van der Waals surface area contributed by atoms with Gasteiger partial charge < -0.3 is 15.7 Å². The van der Waals surface area contributed by atoms with E-state index in [4.69, 9.17) is 16.0 Å². The predicted octanol–water partition coefficient (Wildman–Crippen LogP) is 0.658. The summed E-state index contributed by atoms with van der Waals surface area (Å²) >= 11 is 0. The summed E-state index contributed by atoms with van der Waals surface area (Å²) in [6.07, 6.45) is 3.86. The van der Waals surface area contributed by atoms with Gasteiger partial charge in [0.2, 0.25) is 10.0 Å². The average molecular weight is 299 g/mol. The van der Waals surface area contributed by atoms with E-state index in [1.54, 1.807) is 12.1 Å². The van der Waals surface area contributed by atoms with Gasteiger partial charge in [0.25, 0.3) is 0 Å². The van der Waals surface area contributed by atoms with Crippen molar-refractivity contribution in [1.82, 2.24) is 0 Å². The largest absolute Gasteiger partial charge is 0.398 e. The number of aliphatic hydroxyl groups is 1. The van der Waals surface area contributed by atoms with E-state index in [1.165, 1.54) is 6.07 Å². The maximum absolute atomic E-state index is 11.3. The van der Waals surface area contributed by atoms with E-state index in [2.05, 4.69) is 4.90 Å². The summed E-state index contributed by atoms with van der Waals surface area (Å²) < 4.78 is 22.7. The highest BCUT2D eigenvalue weighted by molar-refractivity contribution is 7.89. The van der Waals surface area contributed by atoms with Crippen LogP contribution in [0.25, 0.3) is 0 Å². The number of nitrogens with two attached hydrogens (primary N) is 2. The Labute approximate surface area is 119 Å². The lowest BCUT2D eigenvalue weighted by Gasteiger charge is -2.27. The van der Waals surface area contributed by atoms with Gasteiger partial charge in [0, 0.05) is 24.9 Å². The number of hydrogen-bond acceptors (Lipinski definition) is 5. The molecule has 7 heteroatoms. The van der Waals surface area contributed by atoms with Crippen LogP contribution in [0.15, 0.2) is 23.1 Å². The highest BCUT2D eigenvalue weighted by Gasteiger charge is 2.25. The number of primary sulfonamides is 1. The number of nitrogen functional groups attached to an aromatic ring is 1. The van der Waals surface area contributed by atoms with Gasteiger partial charge in [0.15, 0.2) is 0 Å². The topological polar surface area (TPSA) is 110 Å². The third kappa shape index (κ3) is 3.23. The zero-order valence-corrected chi connectivity index (χ0v) is 12.1. The van der Waals surface area contributed by atoms with Crippen LogP contribution in [0.5, 0.6) is 0 Å². The minimum atomic E-state index is -3.78. The van der Waals surface area contributed by atoms with Crippen molar-refractivity contribution in [1.29, 1.82) is 0 Å². The molecule has 0 amide bonds. The molecule has 6 nitrogen and oxygen atoms in total. The highest BCUT2D eigenvalue weighted by Crippen LogP contribution is 2.31. The molecule has 2 rings (SSSR count). The number of aliphatic hydroxyl groups excluding tert-OH is 1. The van der Waals surface area contributed by atoms with Gasteiger partial charge in [-0.25, -0.2) is 13.6 Å². The number of anilines is 2. The second-order valence-electron chi connectivity index (χ2n) is 5.12. The van der Waals surface area contributed by atoms with Crippen molar-refractivity contribution in [3.05, 3.63) is 18.2 Å². The number of rotatable bonds is 5. The predicted molar refractivity (Wildman–Crippen MR) is 78.9 cm³/mol. The number of sulfonamides is 1. The number of hydrogen-bond donors (Lipinski definition) is 3. The van der Waals surface area contributed by atoms with Crippen LogP contribution in [0.4, 0.5) is 11.4 Å². The van der Waals surface area contributed by atoms with Gasteiger partial charge in [-0.1, -0.05) is 0 Å². The molecule has 0 spiro atoms. The van der Waals surface area contributed by atoms with Crippen molar-refractivity contribution in [2.45, 2.75) is 36.6 Å². The van der Waals surface area contributed by atoms with Crippen molar-refractivity contribution in [3.63, 3.8) is 0 Å². The van der Waals surface area contributed by atoms with Crippen molar-refractivity contribution >= 4 is 21.4 Å². The molecule has 1 aliphatic heterocycles. The van der Waals surface area contributed by atoms with E-state index >= 15 is 0 Å². The second-order valence-corrected chi connectivity index (χ2v) is 6.65. The molecule has 0 radical (unpaired) electrons. The first-order valence-electron chi connectivity index (χ1n) is 6.73. The van der Waals surface area contributed by atoms with E-state index in [-0.39, 0.29) is 17.2 Å². The minimum Gasteiger partial charge on any atom is -0.398 e. The number of nitrogens with zero attached hydrogens (tertiary/aromatic N) is 1. The molecule has 1 fully saturated rings. The smallest absolute Gasteiger partial charge is 0.240 e. The lowest BCUT2D eigenvalue weighted by Crippen LogP contribution is -2.29. The fraction of sp³-hybridized carbons (Fsp3) is 0.538. The second kappa shape index (κ2) is 5.99. The zero-order valence-electron chi connectivity index (χ0n) is 11.3. The van der Waals surface area contributed by atoms with E-state index in [0.717, 1.165) is 37.9 Å². The molecule has 20 heavy (non-hydrogen) atoms. The van der Waals surface area contributed by atoms with E-state index in [1.807, 2.05) is 0 Å². The molecule has 0 saturated carbocycles. The van der Waals surface area contributed by atoms with Crippen LogP contribution in [0.1, 0.15) is 25.7 Å². The fourth-order valence-corrected chi connectivity index (χ4v) is 3.42. The van der Waals surface area contributed by atoms with Crippen LogP contribution in [-0.2, 0) is 10.0 Å². The zero-order chi connectivity index (χ0) is 14.8. The van der Waals surface area contributed by atoms with Crippen LogP contribution in [-0.4, -0.2) is 32.7 Å². The summed E-state index contributed by atoms with van der Waals surface area (Å²) in [5.74, 6) is 0. The average Bonchev–Trinajstić information content (AvgIpc) is 2.82. The van der Waals surface area contributed by atoms with Gasteiger partial charge in [0.05, 0.1) is 5.69 Å². The van der Waals surface area contributed by atoms with E-state index in [0.29, 0.717) is 6.04 Å². The molecule has 0 bridgehead atoms. The molecule has 1 atom stereocenters. The normalized spacial score (nSPS) is 19.5. The number of benzene rings is 1. The molecular weight excluding hydrogens is 278 g/mol. The van der Waals surface area contributed by atoms with Crippen LogP contribution < -0.4 is 15.8 Å². The van der Waals surface area contributed by atoms with Crippen molar-refractivity contribution in [3.8, 4) is 0 Å². The summed E-state index contributed by atoms with van der Waals surface area (Å²) in [5.41, 5.74) is 6.89. The summed E-state index contributed by atoms with van der Waals surface area (Å²) in [5, 5.41) is 14.0. The molecule has 1 aromatic carbocycles. The first-order valence-corrected chi connectivity index (χ1v) is 8.28. The van der Waals surface area contributed by atoms with Gasteiger partial charge in [-0.2, -0.15) is 0 Å². The Bertz CT molecular complexity index is 574. The van der Waals surface area contributed by atoms with Gasteiger partial charge in [0.1, 0.15) is 4.90 Å². The van der Waals surface area contributed by atoms with E-state index < -0.39 is 10.0 Å². The lowest BCUT2D eigenvalue weighted by molar-refractivity contribution is 0.279. The Kier molecular flexibility index (Phi) is 4.52. The monoisotopic (exact) mass is 299 g/mol. The maximum atomic E-state index is 11.3. The minimum absolute atomic E-state index is 0.0349. The van der Waals surface area contributed by atoms with Gasteiger partial charge in [-0.15, -0.1) is 0 Å². The molecule has 1 heterocycles. The molecule has 0 aliphatic carbocycles. The molecule has 1 aliphatic rings. The molecule has 0 aromatic heterocycles.